The monoisotopic (exact) mass is 566 g/mol. The van der Waals surface area contributed by atoms with Gasteiger partial charge in [-0.2, -0.15) is 4.98 Å². The van der Waals surface area contributed by atoms with Crippen molar-refractivity contribution in [3.63, 3.8) is 0 Å². The molecule has 8 atom stereocenters. The summed E-state index contributed by atoms with van der Waals surface area (Å²) in [6, 6.07) is 0.373. The van der Waals surface area contributed by atoms with E-state index in [2.05, 4.69) is 38.3 Å². The molecule has 9 heteroatoms. The third-order valence-corrected chi connectivity index (χ3v) is 11.9. The van der Waals surface area contributed by atoms with E-state index in [0.717, 1.165) is 50.9 Å². The van der Waals surface area contributed by atoms with Crippen molar-refractivity contribution in [1.82, 2.24) is 15.0 Å². The first-order valence-electron chi connectivity index (χ1n) is 15.2. The van der Waals surface area contributed by atoms with E-state index in [4.69, 9.17) is 20.7 Å². The number of hydrogen-bond donors (Lipinski definition) is 5. The second kappa shape index (κ2) is 10.6. The zero-order valence-corrected chi connectivity index (χ0v) is 25.3. The molecule has 2 heterocycles. The lowest BCUT2D eigenvalue weighted by molar-refractivity contribution is -0.105. The Morgan fingerprint density at radius 2 is 1.90 bits per heavy atom. The van der Waals surface area contributed by atoms with Crippen LogP contribution in [-0.2, 0) is 0 Å². The van der Waals surface area contributed by atoms with Gasteiger partial charge in [0.1, 0.15) is 10.8 Å². The Morgan fingerprint density at radius 1 is 1.12 bits per heavy atom. The summed E-state index contributed by atoms with van der Waals surface area (Å²) in [6.45, 7) is 11.5. The van der Waals surface area contributed by atoms with Crippen LogP contribution in [0.2, 0.25) is 0 Å². The Balaban J connectivity index is 1.34. The first-order chi connectivity index (χ1) is 19.1. The molecule has 0 saturated heterocycles. The van der Waals surface area contributed by atoms with E-state index in [0.29, 0.717) is 48.0 Å². The van der Waals surface area contributed by atoms with Gasteiger partial charge in [-0.1, -0.05) is 27.7 Å². The van der Waals surface area contributed by atoms with E-state index in [1.165, 1.54) is 19.3 Å². The van der Waals surface area contributed by atoms with Crippen LogP contribution < -0.4 is 16.4 Å². The molecular weight excluding hydrogens is 520 g/mol. The zero-order chi connectivity index (χ0) is 28.3. The molecule has 0 aliphatic heterocycles. The zero-order valence-electron chi connectivity index (χ0n) is 24.5. The van der Waals surface area contributed by atoms with E-state index in [-0.39, 0.29) is 18.6 Å². The SMILES string of the molecule is Cc1nc(N[C@@H]2C[C@@H]3C[C@H]([C@H]2C)C3(C)C)nc(NC2C[C@H](CO)[C@@H](O)C2)c1-c1nc(C(C)C2CC2)c(/C=C\N)s1. The van der Waals surface area contributed by atoms with Crippen LogP contribution in [0.15, 0.2) is 6.20 Å². The standard InChI is InChI=1S/C31H46N6O2S/c1-15(18-6-7-18)27-25(8-9-32)40-29(36-27)26-17(3)33-30(35-23-12-20-11-22(16(23)2)31(20,4)5)37-28(26)34-21-10-19(14-38)24(39)13-21/h8-9,15-16,18-24,38-39H,6-7,10-14,32H2,1-5H3,(H2,33,34,35,37)/b9-8-/t15?,16-,19-,20+,21?,22-,23-,24+/m1/s1. The molecule has 0 amide bonds. The number of nitrogens with one attached hydrogen (secondary N) is 2. The highest BCUT2D eigenvalue weighted by Crippen LogP contribution is 2.61. The summed E-state index contributed by atoms with van der Waals surface area (Å²) in [5, 5.41) is 28.5. The second-order valence-corrected chi connectivity index (χ2v) is 14.7. The van der Waals surface area contributed by atoms with Crippen LogP contribution in [-0.4, -0.2) is 50.0 Å². The molecule has 0 radical (unpaired) electrons. The fraction of sp³-hybridized carbons (Fsp3) is 0.710. The Labute approximate surface area is 242 Å². The first kappa shape index (κ1) is 27.9. The maximum absolute atomic E-state index is 10.5. The van der Waals surface area contributed by atoms with E-state index >= 15 is 0 Å². The van der Waals surface area contributed by atoms with Crippen LogP contribution >= 0.6 is 11.3 Å². The number of fused-ring (bicyclic) bond motifs is 2. The Morgan fingerprint density at radius 3 is 2.52 bits per heavy atom. The lowest BCUT2D eigenvalue weighted by Crippen LogP contribution is -2.58. The largest absolute Gasteiger partial charge is 0.405 e. The molecule has 5 aliphatic rings. The summed E-state index contributed by atoms with van der Waals surface area (Å²) in [4.78, 5) is 16.3. The number of rotatable bonds is 9. The van der Waals surface area contributed by atoms with Crippen molar-refractivity contribution in [3.05, 3.63) is 22.5 Å². The number of aliphatic hydroxyl groups is 2. The smallest absolute Gasteiger partial charge is 0.225 e. The molecule has 40 heavy (non-hydrogen) atoms. The quantitative estimate of drug-likeness (QED) is 0.274. The second-order valence-electron chi connectivity index (χ2n) is 13.6. The number of aliphatic hydroxyl groups excluding tert-OH is 2. The van der Waals surface area contributed by atoms with Gasteiger partial charge < -0.3 is 26.6 Å². The van der Waals surface area contributed by atoms with Crippen LogP contribution in [0.25, 0.3) is 16.6 Å². The first-order valence-corrected chi connectivity index (χ1v) is 16.0. The summed E-state index contributed by atoms with van der Waals surface area (Å²) < 4.78 is 0. The number of nitrogens with zero attached hydrogens (tertiary/aromatic N) is 3. The third-order valence-electron chi connectivity index (χ3n) is 10.9. The van der Waals surface area contributed by atoms with E-state index in [1.54, 1.807) is 17.5 Å². The molecule has 0 spiro atoms. The van der Waals surface area contributed by atoms with Gasteiger partial charge in [0.05, 0.1) is 27.9 Å². The van der Waals surface area contributed by atoms with Crippen molar-refractivity contribution in [2.75, 3.05) is 17.2 Å². The minimum atomic E-state index is -0.517. The molecule has 2 bridgehead atoms. The fourth-order valence-corrected chi connectivity index (χ4v) is 9.10. The number of thiazole rings is 1. The molecule has 2 aromatic heterocycles. The lowest BCUT2D eigenvalue weighted by atomic mass is 9.45. The van der Waals surface area contributed by atoms with E-state index < -0.39 is 6.10 Å². The van der Waals surface area contributed by atoms with Crippen molar-refractivity contribution < 1.29 is 10.2 Å². The Hall–Kier alpha value is -2.23. The van der Waals surface area contributed by atoms with Gasteiger partial charge in [0, 0.05) is 30.5 Å². The van der Waals surface area contributed by atoms with E-state index in [1.807, 2.05) is 13.0 Å². The number of nitrogens with two attached hydrogens (primary N) is 1. The van der Waals surface area contributed by atoms with Crippen molar-refractivity contribution in [3.8, 4) is 10.6 Å². The molecule has 6 N–H and O–H groups in total. The normalized spacial score (nSPS) is 33.6. The minimum absolute atomic E-state index is 0.0102. The lowest BCUT2D eigenvalue weighted by Gasteiger charge is -2.62. The van der Waals surface area contributed by atoms with Gasteiger partial charge in [0.2, 0.25) is 5.95 Å². The molecule has 5 fully saturated rings. The minimum Gasteiger partial charge on any atom is -0.405 e. The van der Waals surface area contributed by atoms with E-state index in [9.17, 15) is 10.2 Å². The van der Waals surface area contributed by atoms with Gasteiger partial charge in [0.15, 0.2) is 0 Å². The Kier molecular flexibility index (Phi) is 7.36. The van der Waals surface area contributed by atoms with Crippen LogP contribution in [0.1, 0.15) is 88.4 Å². The molecule has 2 aromatic rings. The average Bonchev–Trinajstić information content (AvgIpc) is 3.59. The highest BCUT2D eigenvalue weighted by atomic mass is 32.1. The predicted molar refractivity (Wildman–Crippen MR) is 162 cm³/mol. The van der Waals surface area contributed by atoms with Crippen LogP contribution in [0, 0.1) is 41.9 Å². The van der Waals surface area contributed by atoms with Gasteiger partial charge in [-0.05, 0) is 86.8 Å². The number of aryl methyl sites for hydroxylation is 1. The molecular formula is C31H46N6O2S. The average molecular weight is 567 g/mol. The summed E-state index contributed by atoms with van der Waals surface area (Å²) in [7, 11) is 0. The number of hydrogen-bond acceptors (Lipinski definition) is 9. The van der Waals surface area contributed by atoms with Crippen molar-refractivity contribution in [2.24, 2.45) is 40.7 Å². The molecule has 0 aromatic carbocycles. The van der Waals surface area contributed by atoms with Crippen LogP contribution in [0.3, 0.4) is 0 Å². The third kappa shape index (κ3) is 4.92. The van der Waals surface area contributed by atoms with Crippen LogP contribution in [0.5, 0.6) is 0 Å². The predicted octanol–water partition coefficient (Wildman–Crippen LogP) is 5.38. The van der Waals surface area contributed by atoms with Gasteiger partial charge in [-0.25, -0.2) is 9.97 Å². The van der Waals surface area contributed by atoms with Crippen LogP contribution in [0.4, 0.5) is 11.8 Å². The molecule has 7 rings (SSSR count). The van der Waals surface area contributed by atoms with Gasteiger partial charge in [-0.3, -0.25) is 0 Å². The molecule has 2 unspecified atom stereocenters. The molecule has 8 nitrogen and oxygen atoms in total. The van der Waals surface area contributed by atoms with Gasteiger partial charge in [0.25, 0.3) is 0 Å². The van der Waals surface area contributed by atoms with Gasteiger partial charge in [-0.15, -0.1) is 11.3 Å². The highest BCUT2D eigenvalue weighted by molar-refractivity contribution is 7.16. The van der Waals surface area contributed by atoms with Crippen molar-refractivity contribution >= 4 is 29.2 Å². The molecule has 218 valence electrons. The summed E-state index contributed by atoms with van der Waals surface area (Å²) in [6.07, 6.45) is 9.31. The number of anilines is 2. The summed E-state index contributed by atoms with van der Waals surface area (Å²) in [5.74, 6) is 4.39. The molecule has 5 saturated carbocycles. The van der Waals surface area contributed by atoms with Crippen molar-refractivity contribution in [2.45, 2.75) is 97.2 Å². The number of aromatic nitrogens is 3. The maximum Gasteiger partial charge on any atom is 0.225 e. The summed E-state index contributed by atoms with van der Waals surface area (Å²) >= 11 is 1.64. The highest BCUT2D eigenvalue weighted by Gasteiger charge is 2.56. The topological polar surface area (TPSA) is 129 Å². The fourth-order valence-electron chi connectivity index (χ4n) is 7.92. The summed E-state index contributed by atoms with van der Waals surface area (Å²) in [5.41, 5.74) is 9.16. The Bertz CT molecular complexity index is 1270. The maximum atomic E-state index is 10.5. The van der Waals surface area contributed by atoms with Crippen molar-refractivity contribution in [1.29, 1.82) is 0 Å². The van der Waals surface area contributed by atoms with Gasteiger partial charge >= 0.3 is 0 Å². The molecule has 5 aliphatic carbocycles.